The van der Waals surface area contributed by atoms with Crippen LogP contribution in [0, 0.1) is 0 Å². The second-order valence-electron chi connectivity index (χ2n) is 4.01. The Balaban J connectivity index is 3.18. The third kappa shape index (κ3) is 4.02. The second kappa shape index (κ2) is 7.72. The van der Waals surface area contributed by atoms with Crippen LogP contribution >= 0.6 is 0 Å². The topological polar surface area (TPSA) is 102 Å². The molecular weight excluding hydrogens is 292 g/mol. The Bertz CT molecular complexity index is 588. The number of aliphatic carboxylic acids is 2. The van der Waals surface area contributed by atoms with E-state index in [-0.39, 0.29) is 0 Å². The van der Waals surface area contributed by atoms with Gasteiger partial charge in [0.05, 0.1) is 21.3 Å². The summed E-state index contributed by atoms with van der Waals surface area (Å²) >= 11 is 0. The van der Waals surface area contributed by atoms with Crippen LogP contribution in [-0.4, -0.2) is 43.5 Å². The molecule has 0 aromatic heterocycles. The van der Waals surface area contributed by atoms with Crippen molar-refractivity contribution in [2.24, 2.45) is 0 Å². The van der Waals surface area contributed by atoms with Gasteiger partial charge in [-0.05, 0) is 23.8 Å². The Morgan fingerprint density at radius 2 is 1.45 bits per heavy atom. The number of carbonyl (C=O) groups is 2. The highest BCUT2D eigenvalue weighted by atomic mass is 16.5. The molecule has 0 bridgehead atoms. The van der Waals surface area contributed by atoms with Crippen LogP contribution in [0.25, 0.3) is 6.08 Å². The van der Waals surface area contributed by atoms with E-state index in [0.717, 1.165) is 6.08 Å². The monoisotopic (exact) mass is 308 g/mol. The van der Waals surface area contributed by atoms with Crippen molar-refractivity contribution >= 4 is 18.0 Å². The number of hydrogen-bond acceptors (Lipinski definition) is 5. The van der Waals surface area contributed by atoms with Gasteiger partial charge in [0.25, 0.3) is 0 Å². The van der Waals surface area contributed by atoms with Gasteiger partial charge in [0.2, 0.25) is 5.75 Å². The van der Waals surface area contributed by atoms with Crippen LogP contribution < -0.4 is 14.2 Å². The highest BCUT2D eigenvalue weighted by Gasteiger charge is 2.14. The van der Waals surface area contributed by atoms with E-state index in [1.165, 1.54) is 33.5 Å². The molecule has 2 N–H and O–H groups in total. The summed E-state index contributed by atoms with van der Waals surface area (Å²) in [5, 5.41) is 17.5. The minimum atomic E-state index is -1.51. The molecule has 0 fully saturated rings. The van der Waals surface area contributed by atoms with Gasteiger partial charge in [0, 0.05) is 0 Å². The Kier molecular flexibility index (Phi) is 6.00. The average molecular weight is 308 g/mol. The minimum Gasteiger partial charge on any atom is -0.493 e. The molecule has 0 unspecified atom stereocenters. The molecule has 0 saturated heterocycles. The molecule has 0 radical (unpaired) electrons. The summed E-state index contributed by atoms with van der Waals surface area (Å²) in [5.41, 5.74) is -0.107. The van der Waals surface area contributed by atoms with Gasteiger partial charge in [0.15, 0.2) is 11.5 Å². The fourth-order valence-corrected chi connectivity index (χ4v) is 1.69. The molecule has 0 spiro atoms. The standard InChI is InChI=1S/C15H16O7/c1-20-11-7-9(8-12(21-2)13(11)22-3)5-4-6-10(14(16)17)15(18)19/h4-8H,1-3H3,(H,16,17)(H,18,19). The number of hydrogen-bond donors (Lipinski definition) is 2. The number of benzene rings is 1. The van der Waals surface area contributed by atoms with Crippen molar-refractivity contribution in [1.29, 1.82) is 0 Å². The summed E-state index contributed by atoms with van der Waals surface area (Å²) in [5.74, 6) is -1.73. The van der Waals surface area contributed by atoms with Crippen molar-refractivity contribution in [1.82, 2.24) is 0 Å². The first kappa shape index (κ1) is 17.1. The fourth-order valence-electron chi connectivity index (χ4n) is 1.69. The number of ether oxygens (including phenoxy) is 3. The molecule has 0 aliphatic heterocycles. The molecule has 0 saturated carbocycles. The number of carboxylic acids is 2. The summed E-state index contributed by atoms with van der Waals surface area (Å²) < 4.78 is 15.5. The second-order valence-corrected chi connectivity index (χ2v) is 4.01. The maximum Gasteiger partial charge on any atom is 0.343 e. The lowest BCUT2D eigenvalue weighted by Gasteiger charge is -2.12. The van der Waals surface area contributed by atoms with Crippen LogP contribution in [0.15, 0.2) is 29.9 Å². The van der Waals surface area contributed by atoms with E-state index in [9.17, 15) is 9.59 Å². The lowest BCUT2D eigenvalue weighted by molar-refractivity contribution is -0.140. The van der Waals surface area contributed by atoms with E-state index in [0.29, 0.717) is 22.8 Å². The van der Waals surface area contributed by atoms with Crippen molar-refractivity contribution in [3.63, 3.8) is 0 Å². The van der Waals surface area contributed by atoms with Gasteiger partial charge in [-0.3, -0.25) is 0 Å². The largest absolute Gasteiger partial charge is 0.493 e. The number of methoxy groups -OCH3 is 3. The number of rotatable bonds is 7. The van der Waals surface area contributed by atoms with E-state index in [1.54, 1.807) is 12.1 Å². The van der Waals surface area contributed by atoms with Crippen LogP contribution in [0.3, 0.4) is 0 Å². The average Bonchev–Trinajstić information content (AvgIpc) is 2.49. The lowest BCUT2D eigenvalue weighted by Crippen LogP contribution is -2.10. The van der Waals surface area contributed by atoms with Gasteiger partial charge in [-0.15, -0.1) is 0 Å². The lowest BCUT2D eigenvalue weighted by atomic mass is 10.1. The van der Waals surface area contributed by atoms with Gasteiger partial charge >= 0.3 is 11.9 Å². The Morgan fingerprint density at radius 3 is 1.82 bits per heavy atom. The summed E-state index contributed by atoms with van der Waals surface area (Å²) in [6.07, 6.45) is 3.84. The molecule has 1 rings (SSSR count). The Labute approximate surface area is 127 Å². The third-order valence-corrected chi connectivity index (χ3v) is 2.70. The van der Waals surface area contributed by atoms with Gasteiger partial charge in [-0.1, -0.05) is 12.2 Å². The van der Waals surface area contributed by atoms with Crippen LogP contribution in [0.4, 0.5) is 0 Å². The summed E-state index contributed by atoms with van der Waals surface area (Å²) in [6.45, 7) is 0. The van der Waals surface area contributed by atoms with E-state index in [4.69, 9.17) is 24.4 Å². The quantitative estimate of drug-likeness (QED) is 0.343. The van der Waals surface area contributed by atoms with Crippen molar-refractivity contribution in [2.75, 3.05) is 21.3 Å². The first-order valence-corrected chi connectivity index (χ1v) is 6.09. The third-order valence-electron chi connectivity index (χ3n) is 2.70. The van der Waals surface area contributed by atoms with E-state index in [2.05, 4.69) is 0 Å². The van der Waals surface area contributed by atoms with Gasteiger partial charge in [-0.2, -0.15) is 0 Å². The molecule has 7 heteroatoms. The van der Waals surface area contributed by atoms with E-state index in [1.807, 2.05) is 0 Å². The molecule has 0 atom stereocenters. The summed E-state index contributed by atoms with van der Waals surface area (Å²) in [7, 11) is 4.42. The zero-order valence-electron chi connectivity index (χ0n) is 12.3. The normalized spacial score (nSPS) is 10.1. The predicted octanol–water partition coefficient (Wildman–Crippen LogP) is 1.82. The number of allylic oxidation sites excluding steroid dienone is 2. The molecule has 1 aromatic carbocycles. The maximum absolute atomic E-state index is 10.7. The Morgan fingerprint density at radius 1 is 0.955 bits per heavy atom. The van der Waals surface area contributed by atoms with Crippen molar-refractivity contribution in [3.05, 3.63) is 35.4 Å². The van der Waals surface area contributed by atoms with Gasteiger partial charge in [0.1, 0.15) is 5.57 Å². The SMILES string of the molecule is COc1cc(C=CC=C(C(=O)O)C(=O)O)cc(OC)c1OC. The van der Waals surface area contributed by atoms with Gasteiger partial charge < -0.3 is 24.4 Å². The molecule has 118 valence electrons. The zero-order valence-corrected chi connectivity index (χ0v) is 12.3. The first-order chi connectivity index (χ1) is 10.4. The minimum absolute atomic E-state index is 0.425. The zero-order chi connectivity index (χ0) is 16.7. The maximum atomic E-state index is 10.7. The molecule has 0 aliphatic carbocycles. The highest BCUT2D eigenvalue weighted by molar-refractivity contribution is 6.12. The molecule has 7 nitrogen and oxygen atoms in total. The van der Waals surface area contributed by atoms with Crippen LogP contribution in [0.5, 0.6) is 17.2 Å². The van der Waals surface area contributed by atoms with Crippen molar-refractivity contribution in [2.45, 2.75) is 0 Å². The fraction of sp³-hybridized carbons (Fsp3) is 0.200. The Hall–Kier alpha value is -2.96. The van der Waals surface area contributed by atoms with Crippen molar-refractivity contribution < 1.29 is 34.0 Å². The predicted molar refractivity (Wildman–Crippen MR) is 78.5 cm³/mol. The van der Waals surface area contributed by atoms with E-state index >= 15 is 0 Å². The molecule has 0 heterocycles. The van der Waals surface area contributed by atoms with Crippen LogP contribution in [0.2, 0.25) is 0 Å². The van der Waals surface area contributed by atoms with Crippen molar-refractivity contribution in [3.8, 4) is 17.2 Å². The molecule has 0 aliphatic rings. The molecule has 1 aromatic rings. The summed E-state index contributed by atoms with van der Waals surface area (Å²) in [6, 6.07) is 3.29. The highest BCUT2D eigenvalue weighted by Crippen LogP contribution is 2.38. The summed E-state index contributed by atoms with van der Waals surface area (Å²) in [4.78, 5) is 21.5. The first-order valence-electron chi connectivity index (χ1n) is 6.09. The van der Waals surface area contributed by atoms with Gasteiger partial charge in [-0.25, -0.2) is 9.59 Å². The smallest absolute Gasteiger partial charge is 0.343 e. The van der Waals surface area contributed by atoms with E-state index < -0.39 is 17.5 Å². The van der Waals surface area contributed by atoms with Crippen LogP contribution in [0.1, 0.15) is 5.56 Å². The molecule has 0 amide bonds. The number of carboxylic acid groups (broad SMARTS) is 2. The molecular formula is C15H16O7. The van der Waals surface area contributed by atoms with Crippen LogP contribution in [-0.2, 0) is 9.59 Å². The molecule has 22 heavy (non-hydrogen) atoms.